The minimum atomic E-state index is -0.0185. The van der Waals surface area contributed by atoms with Gasteiger partial charge in [0.15, 0.2) is 6.29 Å². The van der Waals surface area contributed by atoms with Gasteiger partial charge in [0.2, 0.25) is 0 Å². The van der Waals surface area contributed by atoms with Crippen molar-refractivity contribution in [3.05, 3.63) is 28.3 Å². The van der Waals surface area contributed by atoms with Gasteiger partial charge in [-0.15, -0.1) is 0 Å². The summed E-state index contributed by atoms with van der Waals surface area (Å²) >= 11 is 0. The average Bonchev–Trinajstić information content (AvgIpc) is 2.49. The van der Waals surface area contributed by atoms with Gasteiger partial charge in [-0.2, -0.15) is 0 Å². The van der Waals surface area contributed by atoms with Crippen molar-refractivity contribution in [3.63, 3.8) is 0 Å². The number of carbonyl (C=O) groups excluding carboxylic acids is 1. The molecule has 1 rings (SSSR count). The summed E-state index contributed by atoms with van der Waals surface area (Å²) in [5.41, 5.74) is 3.25. The molecular formula is C19H28O3. The molecule has 3 nitrogen and oxygen atoms in total. The number of rotatable bonds is 8. The number of hydrogen-bond acceptors (Lipinski definition) is 3. The third kappa shape index (κ3) is 4.36. The molecule has 0 unspecified atom stereocenters. The van der Waals surface area contributed by atoms with E-state index in [4.69, 9.17) is 0 Å². The van der Waals surface area contributed by atoms with Crippen LogP contribution < -0.4 is 0 Å². The molecule has 0 aromatic heterocycles. The van der Waals surface area contributed by atoms with Crippen molar-refractivity contribution in [2.24, 2.45) is 0 Å². The van der Waals surface area contributed by atoms with Crippen LogP contribution in [0.5, 0.6) is 11.5 Å². The number of phenolic OH excluding ortho intramolecular Hbond substituents is 2. The zero-order valence-corrected chi connectivity index (χ0v) is 14.2. The minimum absolute atomic E-state index is 0.0185. The van der Waals surface area contributed by atoms with Gasteiger partial charge in [0, 0.05) is 11.1 Å². The standard InChI is InChI=1S/C19H28O3/c1-5-6-7-8-9-10-15-17(12-20)19(22)16(11-18(15)21)14(4)13(2)3/h11-12,21-22H,5-10H2,1-4H3. The fourth-order valence-electron chi connectivity index (χ4n) is 2.57. The largest absolute Gasteiger partial charge is 0.508 e. The second kappa shape index (κ2) is 8.62. The monoisotopic (exact) mass is 304 g/mol. The normalized spacial score (nSPS) is 10.5. The number of unbranched alkanes of at least 4 members (excludes halogenated alkanes) is 4. The average molecular weight is 304 g/mol. The highest BCUT2D eigenvalue weighted by Crippen LogP contribution is 2.37. The summed E-state index contributed by atoms with van der Waals surface area (Å²) in [6.45, 7) is 7.92. The second-order valence-electron chi connectivity index (χ2n) is 6.09. The van der Waals surface area contributed by atoms with Gasteiger partial charge >= 0.3 is 0 Å². The zero-order valence-electron chi connectivity index (χ0n) is 14.2. The predicted octanol–water partition coefficient (Wildman–Crippen LogP) is 5.24. The van der Waals surface area contributed by atoms with E-state index in [0.717, 1.165) is 30.4 Å². The molecule has 0 heterocycles. The first-order valence-electron chi connectivity index (χ1n) is 8.11. The summed E-state index contributed by atoms with van der Waals surface area (Å²) in [5.74, 6) is 0.0843. The molecule has 0 fully saturated rings. The Kier molecular flexibility index (Phi) is 7.16. The molecule has 0 aliphatic carbocycles. The Labute approximate surface area is 133 Å². The minimum Gasteiger partial charge on any atom is -0.508 e. The molecule has 0 radical (unpaired) electrons. The van der Waals surface area contributed by atoms with Crippen LogP contribution in [0, 0.1) is 0 Å². The first kappa shape index (κ1) is 18.3. The summed E-state index contributed by atoms with van der Waals surface area (Å²) < 4.78 is 0. The second-order valence-corrected chi connectivity index (χ2v) is 6.09. The highest BCUT2D eigenvalue weighted by atomic mass is 16.3. The fraction of sp³-hybridized carbons (Fsp3) is 0.526. The van der Waals surface area contributed by atoms with E-state index < -0.39 is 0 Å². The molecule has 1 aromatic rings. The molecule has 2 N–H and O–H groups in total. The quantitative estimate of drug-likeness (QED) is 0.392. The van der Waals surface area contributed by atoms with Gasteiger partial charge in [-0.1, -0.05) is 38.2 Å². The number of allylic oxidation sites excluding steroid dienone is 2. The van der Waals surface area contributed by atoms with Crippen molar-refractivity contribution in [2.45, 2.75) is 66.2 Å². The molecule has 22 heavy (non-hydrogen) atoms. The van der Waals surface area contributed by atoms with Gasteiger partial charge in [-0.05, 0) is 45.3 Å². The van der Waals surface area contributed by atoms with E-state index in [9.17, 15) is 15.0 Å². The summed E-state index contributed by atoms with van der Waals surface area (Å²) in [5, 5.41) is 20.6. The number of carbonyl (C=O) groups is 1. The van der Waals surface area contributed by atoms with Crippen LogP contribution in [-0.2, 0) is 6.42 Å². The van der Waals surface area contributed by atoms with Crippen molar-refractivity contribution >= 4 is 11.9 Å². The molecule has 0 saturated carbocycles. The van der Waals surface area contributed by atoms with Crippen molar-refractivity contribution in [1.29, 1.82) is 0 Å². The van der Waals surface area contributed by atoms with Gasteiger partial charge in [0.05, 0.1) is 5.56 Å². The summed E-state index contributed by atoms with van der Waals surface area (Å²) in [4.78, 5) is 11.4. The fourth-order valence-corrected chi connectivity index (χ4v) is 2.57. The summed E-state index contributed by atoms with van der Waals surface area (Å²) in [6.07, 6.45) is 6.80. The van der Waals surface area contributed by atoms with Crippen LogP contribution in [-0.4, -0.2) is 16.5 Å². The Balaban J connectivity index is 3.07. The first-order chi connectivity index (χ1) is 10.4. The maximum atomic E-state index is 11.4. The van der Waals surface area contributed by atoms with Gasteiger partial charge in [-0.3, -0.25) is 4.79 Å². The van der Waals surface area contributed by atoms with Crippen LogP contribution in [0.15, 0.2) is 11.6 Å². The molecule has 0 spiro atoms. The van der Waals surface area contributed by atoms with Gasteiger partial charge in [0.1, 0.15) is 11.5 Å². The number of aldehydes is 1. The highest BCUT2D eigenvalue weighted by molar-refractivity contribution is 5.88. The lowest BCUT2D eigenvalue weighted by Crippen LogP contribution is -1.98. The van der Waals surface area contributed by atoms with E-state index in [1.54, 1.807) is 6.07 Å². The first-order valence-corrected chi connectivity index (χ1v) is 8.11. The lowest BCUT2D eigenvalue weighted by atomic mass is 9.93. The number of aromatic hydroxyl groups is 2. The SMILES string of the molecule is CCCCCCCc1c(O)cc(C(C)=C(C)C)c(O)c1C=O. The smallest absolute Gasteiger partial charge is 0.154 e. The Morgan fingerprint density at radius 2 is 1.73 bits per heavy atom. The van der Waals surface area contributed by atoms with Gasteiger partial charge in [0.25, 0.3) is 0 Å². The number of benzene rings is 1. The third-order valence-corrected chi connectivity index (χ3v) is 4.23. The molecule has 0 atom stereocenters. The third-order valence-electron chi connectivity index (χ3n) is 4.23. The van der Waals surface area contributed by atoms with Crippen molar-refractivity contribution < 1.29 is 15.0 Å². The topological polar surface area (TPSA) is 57.5 Å². The predicted molar refractivity (Wildman–Crippen MR) is 91.6 cm³/mol. The van der Waals surface area contributed by atoms with E-state index in [2.05, 4.69) is 6.92 Å². The van der Waals surface area contributed by atoms with E-state index in [0.29, 0.717) is 23.8 Å². The van der Waals surface area contributed by atoms with E-state index in [1.165, 1.54) is 12.8 Å². The van der Waals surface area contributed by atoms with Crippen LogP contribution in [0.2, 0.25) is 0 Å². The Bertz CT molecular complexity index is 552. The van der Waals surface area contributed by atoms with Crippen molar-refractivity contribution in [1.82, 2.24) is 0 Å². The van der Waals surface area contributed by atoms with E-state index >= 15 is 0 Å². The van der Waals surface area contributed by atoms with E-state index in [1.807, 2.05) is 20.8 Å². The van der Waals surface area contributed by atoms with Crippen LogP contribution in [0.3, 0.4) is 0 Å². The molecule has 0 amide bonds. The maximum absolute atomic E-state index is 11.4. The van der Waals surface area contributed by atoms with Crippen LogP contribution in [0.1, 0.15) is 81.3 Å². The molecule has 1 aromatic carbocycles. The maximum Gasteiger partial charge on any atom is 0.154 e. The van der Waals surface area contributed by atoms with Gasteiger partial charge in [-0.25, -0.2) is 0 Å². The summed E-state index contributed by atoms with van der Waals surface area (Å²) in [6, 6.07) is 1.58. The Morgan fingerprint density at radius 3 is 2.27 bits per heavy atom. The van der Waals surface area contributed by atoms with E-state index in [-0.39, 0.29) is 17.1 Å². The number of hydrogen-bond donors (Lipinski definition) is 2. The number of phenols is 2. The molecular weight excluding hydrogens is 276 g/mol. The van der Waals surface area contributed by atoms with Crippen molar-refractivity contribution in [2.75, 3.05) is 0 Å². The molecule has 122 valence electrons. The van der Waals surface area contributed by atoms with Gasteiger partial charge < -0.3 is 10.2 Å². The zero-order chi connectivity index (χ0) is 16.7. The molecule has 0 aliphatic rings. The lowest BCUT2D eigenvalue weighted by molar-refractivity contribution is 0.111. The van der Waals surface area contributed by atoms with Crippen LogP contribution in [0.4, 0.5) is 0 Å². The Hall–Kier alpha value is -1.77. The highest BCUT2D eigenvalue weighted by Gasteiger charge is 2.18. The molecule has 0 bridgehead atoms. The molecule has 0 saturated heterocycles. The molecule has 0 aliphatic heterocycles. The summed E-state index contributed by atoms with van der Waals surface area (Å²) in [7, 11) is 0. The van der Waals surface area contributed by atoms with Crippen LogP contribution in [0.25, 0.3) is 5.57 Å². The van der Waals surface area contributed by atoms with Crippen molar-refractivity contribution in [3.8, 4) is 11.5 Å². The molecule has 3 heteroatoms. The lowest BCUT2D eigenvalue weighted by Gasteiger charge is -2.15. The Morgan fingerprint density at radius 1 is 1.09 bits per heavy atom. The van der Waals surface area contributed by atoms with Crippen LogP contribution >= 0.6 is 0 Å².